The molecule has 0 bridgehead atoms. The van der Waals surface area contributed by atoms with E-state index in [-0.39, 0.29) is 36.3 Å². The van der Waals surface area contributed by atoms with Crippen LogP contribution < -0.4 is 20.7 Å². The fraction of sp³-hybridized carbons (Fsp3) is 0.160. The van der Waals surface area contributed by atoms with Gasteiger partial charge in [0, 0.05) is 18.7 Å². The molecule has 0 saturated carbocycles. The fourth-order valence-corrected chi connectivity index (χ4v) is 3.81. The van der Waals surface area contributed by atoms with Crippen molar-refractivity contribution < 1.29 is 23.5 Å². The van der Waals surface area contributed by atoms with Crippen molar-refractivity contribution in [2.75, 3.05) is 11.9 Å². The summed E-state index contributed by atoms with van der Waals surface area (Å²) < 4.78 is 19.9. The molecule has 0 unspecified atom stereocenters. The first-order valence-corrected chi connectivity index (χ1v) is 11.1. The second kappa shape index (κ2) is 9.45. The predicted molar refractivity (Wildman–Crippen MR) is 127 cm³/mol. The summed E-state index contributed by atoms with van der Waals surface area (Å²) in [4.78, 5) is 41.8. The molecule has 11 heteroatoms. The highest BCUT2D eigenvalue weighted by atomic mass is 19.1. The fourth-order valence-electron chi connectivity index (χ4n) is 3.81. The number of benzene rings is 2. The lowest BCUT2D eigenvalue weighted by atomic mass is 10.1. The molecule has 2 aromatic carbocycles. The highest BCUT2D eigenvalue weighted by Gasteiger charge is 2.20. The topological polar surface area (TPSA) is 127 Å². The number of fused-ring (bicyclic) bond motifs is 2. The number of hydrogen-bond acceptors (Lipinski definition) is 6. The van der Waals surface area contributed by atoms with E-state index in [2.05, 4.69) is 26.0 Å². The van der Waals surface area contributed by atoms with Gasteiger partial charge in [-0.3, -0.25) is 14.4 Å². The van der Waals surface area contributed by atoms with E-state index in [1.165, 1.54) is 28.9 Å². The van der Waals surface area contributed by atoms with Gasteiger partial charge in [-0.25, -0.2) is 13.9 Å². The molecule has 36 heavy (non-hydrogen) atoms. The molecule has 0 saturated heterocycles. The van der Waals surface area contributed by atoms with Crippen LogP contribution in [0.15, 0.2) is 60.8 Å². The summed E-state index contributed by atoms with van der Waals surface area (Å²) in [5.41, 5.74) is 2.49. The van der Waals surface area contributed by atoms with Crippen molar-refractivity contribution >= 4 is 29.1 Å². The van der Waals surface area contributed by atoms with Crippen LogP contribution in [0, 0.1) is 5.82 Å². The van der Waals surface area contributed by atoms with E-state index in [1.54, 1.807) is 43.3 Å². The number of hydrogen-bond donors (Lipinski definition) is 3. The zero-order valence-corrected chi connectivity index (χ0v) is 19.1. The summed E-state index contributed by atoms with van der Waals surface area (Å²) in [5, 5.41) is 12.5. The molecule has 0 fully saturated rings. The third-order valence-electron chi connectivity index (χ3n) is 5.67. The van der Waals surface area contributed by atoms with Crippen molar-refractivity contribution in [2.45, 2.75) is 19.5 Å². The highest BCUT2D eigenvalue weighted by Crippen LogP contribution is 2.28. The number of amides is 3. The molecule has 1 atom stereocenters. The lowest BCUT2D eigenvalue weighted by molar-refractivity contribution is -0.118. The maximum absolute atomic E-state index is 13.2. The van der Waals surface area contributed by atoms with Gasteiger partial charge in [-0.05, 0) is 42.3 Å². The third-order valence-corrected chi connectivity index (χ3v) is 5.67. The Balaban J connectivity index is 1.33. The van der Waals surface area contributed by atoms with E-state index in [4.69, 9.17) is 4.74 Å². The summed E-state index contributed by atoms with van der Waals surface area (Å²) in [6, 6.07) is 13.6. The van der Waals surface area contributed by atoms with Crippen molar-refractivity contribution in [1.82, 2.24) is 25.2 Å². The molecule has 0 spiro atoms. The van der Waals surface area contributed by atoms with Crippen LogP contribution in [0.25, 0.3) is 5.65 Å². The van der Waals surface area contributed by atoms with Crippen LogP contribution in [0.5, 0.6) is 5.75 Å². The second-order valence-electron chi connectivity index (χ2n) is 8.22. The first-order chi connectivity index (χ1) is 17.4. The molecule has 3 amide bonds. The number of nitrogens with zero attached hydrogens (tertiary/aromatic N) is 3. The minimum atomic E-state index is -0.489. The monoisotopic (exact) mass is 488 g/mol. The number of carbonyl (C=O) groups is 3. The van der Waals surface area contributed by atoms with E-state index in [1.807, 2.05) is 0 Å². The van der Waals surface area contributed by atoms with Gasteiger partial charge in [-0.1, -0.05) is 18.2 Å². The normalized spacial score (nSPS) is 13.3. The molecule has 3 heterocycles. The molecule has 1 aliphatic heterocycles. The number of aromatic nitrogens is 3. The van der Waals surface area contributed by atoms with E-state index in [9.17, 15) is 18.8 Å². The van der Waals surface area contributed by atoms with Gasteiger partial charge in [-0.15, -0.1) is 0 Å². The number of carbonyl (C=O) groups excluding carboxylic acids is 3. The number of halogens is 1. The van der Waals surface area contributed by atoms with Crippen LogP contribution in [0.4, 0.5) is 10.1 Å². The average Bonchev–Trinajstić information content (AvgIpc) is 3.35. The van der Waals surface area contributed by atoms with Crippen LogP contribution in [0.1, 0.15) is 45.1 Å². The van der Waals surface area contributed by atoms with E-state index < -0.39 is 17.9 Å². The van der Waals surface area contributed by atoms with Crippen LogP contribution in [0.2, 0.25) is 0 Å². The molecular weight excluding hydrogens is 467 g/mol. The smallest absolute Gasteiger partial charge is 0.270 e. The van der Waals surface area contributed by atoms with E-state index in [0.29, 0.717) is 17.1 Å². The van der Waals surface area contributed by atoms with Crippen molar-refractivity contribution in [2.24, 2.45) is 0 Å². The Hall–Kier alpha value is -4.80. The largest absolute Gasteiger partial charge is 0.482 e. The third kappa shape index (κ3) is 4.71. The van der Waals surface area contributed by atoms with Gasteiger partial charge in [0.25, 0.3) is 17.7 Å². The predicted octanol–water partition coefficient (Wildman–Crippen LogP) is 2.62. The molecule has 1 aliphatic rings. The average molecular weight is 488 g/mol. The van der Waals surface area contributed by atoms with Gasteiger partial charge >= 0.3 is 0 Å². The summed E-state index contributed by atoms with van der Waals surface area (Å²) in [5.74, 6) is -1.02. The van der Waals surface area contributed by atoms with Crippen molar-refractivity contribution in [3.05, 3.63) is 89.1 Å². The first kappa shape index (κ1) is 23.0. The molecular formula is C25H21FN6O4. The SMILES string of the molecule is C[C@H](NC(=O)c1cc(C(=O)NCc2ccc3c(c2)NC(=O)CO3)nc2ccnn12)c1ccc(F)cc1. The quantitative estimate of drug-likeness (QED) is 0.383. The number of anilines is 1. The molecule has 2 aromatic heterocycles. The summed E-state index contributed by atoms with van der Waals surface area (Å²) in [6.07, 6.45) is 1.48. The van der Waals surface area contributed by atoms with Gasteiger partial charge < -0.3 is 20.7 Å². The molecule has 10 nitrogen and oxygen atoms in total. The number of ether oxygens (including phenoxy) is 1. The molecule has 182 valence electrons. The Bertz CT molecular complexity index is 1480. The van der Waals surface area contributed by atoms with Crippen molar-refractivity contribution in [3.8, 4) is 5.75 Å². The van der Waals surface area contributed by atoms with E-state index >= 15 is 0 Å². The summed E-state index contributed by atoms with van der Waals surface area (Å²) in [6.45, 7) is 1.90. The molecule has 3 N–H and O–H groups in total. The minimum absolute atomic E-state index is 0.0373. The molecule has 0 radical (unpaired) electrons. The second-order valence-corrected chi connectivity index (χ2v) is 8.22. The number of nitrogens with one attached hydrogen (secondary N) is 3. The Labute approximate surface area is 204 Å². The molecule has 5 rings (SSSR count). The maximum Gasteiger partial charge on any atom is 0.270 e. The van der Waals surface area contributed by atoms with Crippen molar-refractivity contribution in [3.63, 3.8) is 0 Å². The van der Waals surface area contributed by atoms with Crippen LogP contribution in [0.3, 0.4) is 0 Å². The Morgan fingerprint density at radius 2 is 1.94 bits per heavy atom. The van der Waals surface area contributed by atoms with Crippen molar-refractivity contribution in [1.29, 1.82) is 0 Å². The van der Waals surface area contributed by atoms with Crippen LogP contribution >= 0.6 is 0 Å². The standard InChI is InChI=1S/C25H21FN6O4/c1-14(16-3-5-17(26)6-4-16)29-25(35)20-11-19(30-22-8-9-28-32(20)22)24(34)27-12-15-2-7-21-18(10-15)31-23(33)13-36-21/h2-11,14H,12-13H2,1H3,(H,27,34)(H,29,35)(H,31,33)/t14-/m0/s1. The van der Waals surface area contributed by atoms with Gasteiger partial charge in [0.1, 0.15) is 23.0 Å². The Kier molecular flexibility index (Phi) is 6.03. The molecule has 4 aromatic rings. The highest BCUT2D eigenvalue weighted by molar-refractivity contribution is 5.98. The van der Waals surface area contributed by atoms with Gasteiger partial charge in [0.05, 0.1) is 17.9 Å². The van der Waals surface area contributed by atoms with E-state index in [0.717, 1.165) is 11.1 Å². The molecule has 0 aliphatic carbocycles. The summed E-state index contributed by atoms with van der Waals surface area (Å²) >= 11 is 0. The minimum Gasteiger partial charge on any atom is -0.482 e. The van der Waals surface area contributed by atoms with Gasteiger partial charge in [0.2, 0.25) is 0 Å². The maximum atomic E-state index is 13.2. The van der Waals surface area contributed by atoms with Crippen LogP contribution in [-0.4, -0.2) is 38.9 Å². The zero-order valence-electron chi connectivity index (χ0n) is 19.1. The number of rotatable bonds is 6. The Morgan fingerprint density at radius 1 is 1.14 bits per heavy atom. The lowest BCUT2D eigenvalue weighted by Gasteiger charge is -2.18. The lowest BCUT2D eigenvalue weighted by Crippen LogP contribution is -2.30. The van der Waals surface area contributed by atoms with Gasteiger partial charge in [0.15, 0.2) is 12.3 Å². The van der Waals surface area contributed by atoms with Crippen LogP contribution in [-0.2, 0) is 11.3 Å². The Morgan fingerprint density at radius 3 is 2.75 bits per heavy atom. The first-order valence-electron chi connectivity index (χ1n) is 11.1. The summed E-state index contributed by atoms with van der Waals surface area (Å²) in [7, 11) is 0. The zero-order chi connectivity index (χ0) is 25.2. The van der Waals surface area contributed by atoms with Gasteiger partial charge in [-0.2, -0.15) is 5.10 Å².